The summed E-state index contributed by atoms with van der Waals surface area (Å²) in [5.41, 5.74) is 2.30. The van der Waals surface area contributed by atoms with Crippen LogP contribution < -0.4 is 10.6 Å². The van der Waals surface area contributed by atoms with E-state index in [0.717, 1.165) is 44.1 Å². The number of amides is 1. The molecule has 1 atom stereocenters. The fourth-order valence-corrected chi connectivity index (χ4v) is 3.64. The molecule has 1 aliphatic rings. The molecular formula is C22H33IN6O. The van der Waals surface area contributed by atoms with E-state index in [9.17, 15) is 4.79 Å². The molecule has 1 aliphatic heterocycles. The van der Waals surface area contributed by atoms with Gasteiger partial charge in [0.15, 0.2) is 5.96 Å². The minimum absolute atomic E-state index is 0. The van der Waals surface area contributed by atoms with Gasteiger partial charge in [0, 0.05) is 52.0 Å². The molecule has 0 saturated carbocycles. The smallest absolute Gasteiger partial charge is 0.224 e. The van der Waals surface area contributed by atoms with Gasteiger partial charge in [-0.15, -0.1) is 24.0 Å². The molecule has 2 N–H and O–H groups in total. The van der Waals surface area contributed by atoms with Crippen molar-refractivity contribution < 1.29 is 4.79 Å². The first-order valence-electron chi connectivity index (χ1n) is 10.5. The molecule has 1 unspecified atom stereocenters. The number of aromatic nitrogens is 2. The van der Waals surface area contributed by atoms with Gasteiger partial charge < -0.3 is 15.5 Å². The van der Waals surface area contributed by atoms with Gasteiger partial charge in [-0.1, -0.05) is 19.1 Å². The molecule has 0 spiro atoms. The van der Waals surface area contributed by atoms with E-state index in [4.69, 9.17) is 0 Å². The number of nitrogens with one attached hydrogen (secondary N) is 2. The highest BCUT2D eigenvalue weighted by Crippen LogP contribution is 2.15. The van der Waals surface area contributed by atoms with Gasteiger partial charge in [0.2, 0.25) is 5.91 Å². The summed E-state index contributed by atoms with van der Waals surface area (Å²) in [5.74, 6) is 1.58. The number of carbonyl (C=O) groups excluding carboxylic acids is 1. The minimum atomic E-state index is 0. The van der Waals surface area contributed by atoms with Crippen LogP contribution in [0.4, 0.5) is 0 Å². The Kier molecular flexibility index (Phi) is 10.1. The van der Waals surface area contributed by atoms with Gasteiger partial charge in [-0.05, 0) is 48.9 Å². The van der Waals surface area contributed by atoms with Crippen LogP contribution in [0.1, 0.15) is 31.7 Å². The predicted octanol–water partition coefficient (Wildman–Crippen LogP) is 2.85. The zero-order valence-corrected chi connectivity index (χ0v) is 20.2. The monoisotopic (exact) mass is 524 g/mol. The van der Waals surface area contributed by atoms with Crippen molar-refractivity contribution in [3.8, 4) is 5.69 Å². The van der Waals surface area contributed by atoms with E-state index in [0.29, 0.717) is 18.9 Å². The third kappa shape index (κ3) is 7.30. The molecule has 1 amide bonds. The third-order valence-corrected chi connectivity index (χ3v) is 5.28. The molecule has 164 valence electrons. The fourth-order valence-electron chi connectivity index (χ4n) is 3.64. The summed E-state index contributed by atoms with van der Waals surface area (Å²) in [4.78, 5) is 18.6. The van der Waals surface area contributed by atoms with E-state index >= 15 is 0 Å². The second kappa shape index (κ2) is 12.6. The number of hydrogen-bond donors (Lipinski definition) is 2. The van der Waals surface area contributed by atoms with Gasteiger partial charge in [0.1, 0.15) is 0 Å². The number of benzene rings is 1. The van der Waals surface area contributed by atoms with Crippen molar-refractivity contribution in [3.05, 3.63) is 48.3 Å². The quantitative estimate of drug-likeness (QED) is 0.332. The van der Waals surface area contributed by atoms with E-state index in [-0.39, 0.29) is 29.9 Å². The molecule has 3 rings (SSSR count). The number of rotatable bonds is 7. The lowest BCUT2D eigenvalue weighted by molar-refractivity contribution is -0.132. The van der Waals surface area contributed by atoms with Crippen LogP contribution in [0.2, 0.25) is 0 Å². The molecule has 8 heteroatoms. The lowest BCUT2D eigenvalue weighted by Gasteiger charge is -2.31. The zero-order chi connectivity index (χ0) is 20.5. The number of guanidine groups is 1. The van der Waals surface area contributed by atoms with E-state index in [2.05, 4.69) is 51.9 Å². The summed E-state index contributed by atoms with van der Waals surface area (Å²) in [6, 6.07) is 10.3. The lowest BCUT2D eigenvalue weighted by atomic mass is 10.00. The fraction of sp³-hybridized carbons (Fsp3) is 0.500. The Morgan fingerprint density at radius 3 is 2.67 bits per heavy atom. The third-order valence-electron chi connectivity index (χ3n) is 5.28. The van der Waals surface area contributed by atoms with Crippen molar-refractivity contribution in [3.63, 3.8) is 0 Å². The summed E-state index contributed by atoms with van der Waals surface area (Å²) in [7, 11) is 1.75. The predicted molar refractivity (Wildman–Crippen MR) is 132 cm³/mol. The maximum Gasteiger partial charge on any atom is 0.224 e. The van der Waals surface area contributed by atoms with Gasteiger partial charge in [0.25, 0.3) is 0 Å². The highest BCUT2D eigenvalue weighted by molar-refractivity contribution is 14.0. The Balaban J connectivity index is 0.00000320. The second-order valence-electron chi connectivity index (χ2n) is 7.63. The number of carbonyl (C=O) groups is 1. The highest BCUT2D eigenvalue weighted by atomic mass is 127. The lowest BCUT2D eigenvalue weighted by Crippen LogP contribution is -2.42. The molecule has 2 heterocycles. The van der Waals surface area contributed by atoms with Crippen molar-refractivity contribution in [2.24, 2.45) is 10.9 Å². The maximum absolute atomic E-state index is 12.3. The largest absolute Gasteiger partial charge is 0.356 e. The molecule has 1 saturated heterocycles. The maximum atomic E-state index is 12.3. The highest BCUT2D eigenvalue weighted by Gasteiger charge is 2.20. The Morgan fingerprint density at radius 2 is 2.00 bits per heavy atom. The number of nitrogens with zero attached hydrogens (tertiary/aromatic N) is 4. The van der Waals surface area contributed by atoms with Gasteiger partial charge in [-0.3, -0.25) is 9.79 Å². The van der Waals surface area contributed by atoms with Crippen LogP contribution in [0, 0.1) is 5.92 Å². The Hall–Kier alpha value is -2.10. The van der Waals surface area contributed by atoms with Crippen molar-refractivity contribution in [2.75, 3.05) is 33.2 Å². The van der Waals surface area contributed by atoms with Gasteiger partial charge in [0.05, 0.1) is 5.69 Å². The van der Waals surface area contributed by atoms with E-state index in [1.165, 1.54) is 12.0 Å². The van der Waals surface area contributed by atoms with E-state index in [1.54, 1.807) is 13.2 Å². The first kappa shape index (κ1) is 24.2. The summed E-state index contributed by atoms with van der Waals surface area (Å²) in [6.45, 7) is 5.38. The Morgan fingerprint density at radius 1 is 1.23 bits per heavy atom. The molecule has 30 heavy (non-hydrogen) atoms. The van der Waals surface area contributed by atoms with Crippen LogP contribution in [-0.2, 0) is 11.2 Å². The Bertz CT molecular complexity index is 790. The van der Waals surface area contributed by atoms with E-state index < -0.39 is 0 Å². The number of likely N-dealkylation sites (tertiary alicyclic amines) is 1. The van der Waals surface area contributed by atoms with Crippen molar-refractivity contribution in [1.82, 2.24) is 25.3 Å². The first-order chi connectivity index (χ1) is 14.2. The summed E-state index contributed by atoms with van der Waals surface area (Å²) in [5, 5.41) is 10.8. The van der Waals surface area contributed by atoms with E-state index in [1.807, 2.05) is 21.8 Å². The Labute approximate surface area is 196 Å². The van der Waals surface area contributed by atoms with Crippen LogP contribution in [0.3, 0.4) is 0 Å². The van der Waals surface area contributed by atoms with Gasteiger partial charge >= 0.3 is 0 Å². The van der Waals surface area contributed by atoms with Crippen LogP contribution in [0.5, 0.6) is 0 Å². The summed E-state index contributed by atoms with van der Waals surface area (Å²) < 4.78 is 1.85. The number of hydrogen-bond acceptors (Lipinski definition) is 3. The first-order valence-corrected chi connectivity index (χ1v) is 10.5. The number of piperidine rings is 1. The topological polar surface area (TPSA) is 74.6 Å². The van der Waals surface area contributed by atoms with Crippen molar-refractivity contribution >= 4 is 35.8 Å². The van der Waals surface area contributed by atoms with Crippen LogP contribution in [0.15, 0.2) is 47.7 Å². The summed E-state index contributed by atoms with van der Waals surface area (Å²) >= 11 is 0. The van der Waals surface area contributed by atoms with Crippen LogP contribution in [-0.4, -0.2) is 59.8 Å². The summed E-state index contributed by atoms with van der Waals surface area (Å²) in [6.07, 6.45) is 7.45. The van der Waals surface area contributed by atoms with Crippen LogP contribution in [0.25, 0.3) is 5.69 Å². The van der Waals surface area contributed by atoms with Crippen LogP contribution >= 0.6 is 24.0 Å². The molecule has 1 fully saturated rings. The molecule has 7 nitrogen and oxygen atoms in total. The molecule has 0 aliphatic carbocycles. The molecular weight excluding hydrogens is 491 g/mol. The average Bonchev–Trinajstić information content (AvgIpc) is 3.28. The zero-order valence-electron chi connectivity index (χ0n) is 17.9. The number of halogens is 1. The average molecular weight is 524 g/mol. The molecule has 0 radical (unpaired) electrons. The molecule has 2 aromatic rings. The SMILES string of the molecule is CN=C(NCCC(=O)N1CCCC(C)C1)NCCc1ccc(-n2cccn2)cc1.I. The molecule has 0 bridgehead atoms. The standard InChI is InChI=1S/C22H32N6O.HI/c1-18-5-3-15-27(17-18)21(29)11-14-25-22(23-2)24-13-10-19-6-8-20(9-7-19)28-16-4-12-26-28;/h4,6-9,12,16,18H,3,5,10-11,13-15,17H2,1-2H3,(H2,23,24,25);1H. The van der Waals surface area contributed by atoms with Crippen molar-refractivity contribution in [2.45, 2.75) is 32.6 Å². The molecule has 1 aromatic heterocycles. The molecule has 1 aromatic carbocycles. The van der Waals surface area contributed by atoms with Gasteiger partial charge in [-0.25, -0.2) is 4.68 Å². The minimum Gasteiger partial charge on any atom is -0.356 e. The second-order valence-corrected chi connectivity index (χ2v) is 7.63. The number of aliphatic imine (C=N–C) groups is 1. The van der Waals surface area contributed by atoms with Gasteiger partial charge in [-0.2, -0.15) is 5.10 Å². The normalized spacial score (nSPS) is 16.7. The van der Waals surface area contributed by atoms with Crippen molar-refractivity contribution in [1.29, 1.82) is 0 Å².